The number of hydrogen-bond acceptors (Lipinski definition) is 5. The molecular formula is C8H7F2N3O3S. The maximum atomic E-state index is 12.6. The molecule has 0 atom stereocenters. The maximum absolute atomic E-state index is 12.6. The quantitative estimate of drug-likeness (QED) is 0.856. The molecule has 2 N–H and O–H groups in total. The normalized spacial score (nSPS) is 11.3. The minimum absolute atomic E-state index is 0.492. The van der Waals surface area contributed by atoms with Gasteiger partial charge in [0.2, 0.25) is 15.9 Å². The molecule has 1 heterocycles. The first-order valence-corrected chi connectivity index (χ1v) is 5.65. The largest absolute Gasteiger partial charge is 0.480 e. The molecule has 9 heteroatoms. The summed E-state index contributed by atoms with van der Waals surface area (Å²) in [5.74, 6) is -0.492. The fourth-order valence-electron chi connectivity index (χ4n) is 1.18. The summed E-state index contributed by atoms with van der Waals surface area (Å²) in [6.45, 7) is 0. The molecule has 0 saturated heterocycles. The number of alkyl halides is 2. The summed E-state index contributed by atoms with van der Waals surface area (Å²) in [4.78, 5) is 2.55. The Morgan fingerprint density at radius 3 is 2.53 bits per heavy atom. The third-order valence-electron chi connectivity index (χ3n) is 1.86. The van der Waals surface area contributed by atoms with Gasteiger partial charge in [-0.2, -0.15) is 5.26 Å². The number of pyridine rings is 1. The van der Waals surface area contributed by atoms with Gasteiger partial charge in [0, 0.05) is 6.20 Å². The van der Waals surface area contributed by atoms with E-state index in [0.717, 1.165) is 7.11 Å². The zero-order valence-corrected chi connectivity index (χ0v) is 9.33. The molecule has 0 saturated carbocycles. The van der Waals surface area contributed by atoms with Gasteiger partial charge in [0.1, 0.15) is 6.07 Å². The summed E-state index contributed by atoms with van der Waals surface area (Å²) in [5, 5.41) is 13.6. The van der Waals surface area contributed by atoms with Gasteiger partial charge in [-0.15, -0.1) is 0 Å². The molecule has 0 aliphatic rings. The maximum Gasteiger partial charge on any atom is 0.266 e. The van der Waals surface area contributed by atoms with Crippen LogP contribution < -0.4 is 9.88 Å². The molecule has 1 aromatic heterocycles. The predicted octanol–water partition coefficient (Wildman–Crippen LogP) is 0.547. The molecule has 0 amide bonds. The topological polar surface area (TPSA) is 106 Å². The highest BCUT2D eigenvalue weighted by atomic mass is 32.2. The highest BCUT2D eigenvalue weighted by Crippen LogP contribution is 2.31. The van der Waals surface area contributed by atoms with E-state index in [9.17, 15) is 17.2 Å². The molecule has 0 fully saturated rings. The van der Waals surface area contributed by atoms with Gasteiger partial charge in [0.25, 0.3) is 6.43 Å². The number of aromatic nitrogens is 1. The zero-order chi connectivity index (χ0) is 13.2. The Labute approximate surface area is 95.7 Å². The Morgan fingerprint density at radius 2 is 2.18 bits per heavy atom. The van der Waals surface area contributed by atoms with Gasteiger partial charge in [-0.25, -0.2) is 27.3 Å². The number of halogens is 2. The first-order chi connectivity index (χ1) is 7.82. The van der Waals surface area contributed by atoms with Crippen LogP contribution in [0.4, 0.5) is 8.78 Å². The number of ether oxygens (including phenoxy) is 1. The Kier molecular flexibility index (Phi) is 3.59. The molecule has 6 nitrogen and oxygen atoms in total. The molecular weight excluding hydrogens is 256 g/mol. The Bertz CT molecular complexity index is 580. The fourth-order valence-corrected chi connectivity index (χ4v) is 2.01. The second kappa shape index (κ2) is 4.60. The van der Waals surface area contributed by atoms with E-state index < -0.39 is 38.4 Å². The van der Waals surface area contributed by atoms with E-state index in [4.69, 9.17) is 10.4 Å². The monoisotopic (exact) mass is 263 g/mol. The van der Waals surface area contributed by atoms with Gasteiger partial charge >= 0.3 is 0 Å². The third kappa shape index (κ3) is 2.48. The van der Waals surface area contributed by atoms with Crippen LogP contribution in [-0.4, -0.2) is 20.5 Å². The summed E-state index contributed by atoms with van der Waals surface area (Å²) in [6, 6.07) is 1.37. The van der Waals surface area contributed by atoms with Gasteiger partial charge in [0.15, 0.2) is 4.90 Å². The molecule has 0 spiro atoms. The van der Waals surface area contributed by atoms with Crippen LogP contribution in [0.5, 0.6) is 5.88 Å². The number of rotatable bonds is 3. The SMILES string of the molecule is COc1ncc(C(F)F)c(C#N)c1S(N)(=O)=O. The number of nitrogens with zero attached hydrogens (tertiary/aromatic N) is 2. The highest BCUT2D eigenvalue weighted by molar-refractivity contribution is 7.89. The number of nitriles is 1. The zero-order valence-electron chi connectivity index (χ0n) is 8.52. The van der Waals surface area contributed by atoms with E-state index in [-0.39, 0.29) is 0 Å². The lowest BCUT2D eigenvalue weighted by molar-refractivity contribution is 0.150. The second-order valence-electron chi connectivity index (χ2n) is 2.88. The summed E-state index contributed by atoms with van der Waals surface area (Å²) < 4.78 is 52.1. The lowest BCUT2D eigenvalue weighted by Gasteiger charge is -2.10. The number of primary sulfonamides is 1. The lowest BCUT2D eigenvalue weighted by atomic mass is 10.1. The smallest absolute Gasteiger partial charge is 0.266 e. The Hall–Kier alpha value is -1.79. The first-order valence-electron chi connectivity index (χ1n) is 4.10. The van der Waals surface area contributed by atoms with E-state index in [2.05, 4.69) is 9.72 Å². The van der Waals surface area contributed by atoms with E-state index in [0.29, 0.717) is 6.20 Å². The summed E-state index contributed by atoms with van der Waals surface area (Å²) in [5.41, 5.74) is -1.56. The molecule has 0 aromatic carbocycles. The number of methoxy groups -OCH3 is 1. The van der Waals surface area contributed by atoms with Gasteiger partial charge in [0.05, 0.1) is 18.2 Å². The van der Waals surface area contributed by atoms with Gasteiger partial charge < -0.3 is 4.74 Å². The van der Waals surface area contributed by atoms with Crippen molar-refractivity contribution in [1.29, 1.82) is 5.26 Å². The van der Waals surface area contributed by atoms with Crippen molar-refractivity contribution in [3.63, 3.8) is 0 Å². The average Bonchev–Trinajstić information content (AvgIpc) is 2.25. The van der Waals surface area contributed by atoms with Gasteiger partial charge in [-0.3, -0.25) is 0 Å². The number of sulfonamides is 1. The summed E-state index contributed by atoms with van der Waals surface area (Å²) in [6.07, 6.45) is -2.36. The third-order valence-corrected chi connectivity index (χ3v) is 2.80. The second-order valence-corrected chi connectivity index (χ2v) is 4.38. The van der Waals surface area contributed by atoms with Crippen molar-refractivity contribution < 1.29 is 21.9 Å². The van der Waals surface area contributed by atoms with Crippen LogP contribution in [0.2, 0.25) is 0 Å². The number of nitrogens with two attached hydrogens (primary N) is 1. The van der Waals surface area contributed by atoms with E-state index in [1.165, 1.54) is 6.07 Å². The van der Waals surface area contributed by atoms with Crippen LogP contribution in [0.15, 0.2) is 11.1 Å². The van der Waals surface area contributed by atoms with Gasteiger partial charge in [-0.1, -0.05) is 0 Å². The molecule has 0 bridgehead atoms. The van der Waals surface area contributed by atoms with Crippen LogP contribution in [0.1, 0.15) is 17.6 Å². The molecule has 0 aliphatic heterocycles. The first kappa shape index (κ1) is 13.3. The Morgan fingerprint density at radius 1 is 1.59 bits per heavy atom. The molecule has 1 rings (SSSR count). The van der Waals surface area contributed by atoms with Crippen molar-refractivity contribution in [1.82, 2.24) is 4.98 Å². The highest BCUT2D eigenvalue weighted by Gasteiger charge is 2.27. The molecule has 17 heavy (non-hydrogen) atoms. The molecule has 0 aliphatic carbocycles. The Balaban J connectivity index is 3.75. The van der Waals surface area contributed by atoms with Crippen LogP contribution in [-0.2, 0) is 10.0 Å². The van der Waals surface area contributed by atoms with Crippen LogP contribution in [0, 0.1) is 11.3 Å². The van der Waals surface area contributed by atoms with E-state index >= 15 is 0 Å². The van der Waals surface area contributed by atoms with Crippen molar-refractivity contribution in [2.24, 2.45) is 5.14 Å². The van der Waals surface area contributed by atoms with Crippen LogP contribution in [0.25, 0.3) is 0 Å². The minimum atomic E-state index is -4.39. The molecule has 0 radical (unpaired) electrons. The van der Waals surface area contributed by atoms with Crippen LogP contribution >= 0.6 is 0 Å². The fraction of sp³-hybridized carbons (Fsp3) is 0.250. The van der Waals surface area contributed by atoms with Crippen molar-refractivity contribution in [3.05, 3.63) is 17.3 Å². The van der Waals surface area contributed by atoms with Crippen molar-refractivity contribution in [3.8, 4) is 11.9 Å². The van der Waals surface area contributed by atoms with Gasteiger partial charge in [-0.05, 0) is 0 Å². The summed E-state index contributed by atoms with van der Waals surface area (Å²) in [7, 11) is -3.30. The van der Waals surface area contributed by atoms with E-state index in [1.807, 2.05) is 0 Å². The standard InChI is InChI=1S/C8H7F2N3O3S/c1-16-8-6(17(12,14)15)4(2-11)5(3-13-8)7(9)10/h3,7H,1H3,(H2,12,14,15). The van der Waals surface area contributed by atoms with Crippen LogP contribution in [0.3, 0.4) is 0 Å². The van der Waals surface area contributed by atoms with Crippen molar-refractivity contribution in [2.45, 2.75) is 11.3 Å². The molecule has 0 unspecified atom stereocenters. The lowest BCUT2D eigenvalue weighted by Crippen LogP contribution is -2.17. The number of hydrogen-bond donors (Lipinski definition) is 1. The average molecular weight is 263 g/mol. The minimum Gasteiger partial charge on any atom is -0.480 e. The molecule has 1 aromatic rings. The van der Waals surface area contributed by atoms with Crippen molar-refractivity contribution in [2.75, 3.05) is 7.11 Å². The van der Waals surface area contributed by atoms with Crippen molar-refractivity contribution >= 4 is 10.0 Å². The van der Waals surface area contributed by atoms with E-state index in [1.54, 1.807) is 0 Å². The molecule has 92 valence electrons. The predicted molar refractivity (Wildman–Crippen MR) is 51.8 cm³/mol. The summed E-state index contributed by atoms with van der Waals surface area (Å²) >= 11 is 0.